The zero-order valence-corrected chi connectivity index (χ0v) is 11.8. The molecule has 0 aliphatic carbocycles. The highest BCUT2D eigenvalue weighted by Crippen LogP contribution is 2.04. The summed E-state index contributed by atoms with van der Waals surface area (Å²) in [4.78, 5) is 34.5. The summed E-state index contributed by atoms with van der Waals surface area (Å²) in [7, 11) is 0. The summed E-state index contributed by atoms with van der Waals surface area (Å²) in [6, 6.07) is 4.03. The lowest BCUT2D eigenvalue weighted by Gasteiger charge is -2.13. The van der Waals surface area contributed by atoms with Crippen LogP contribution in [0.2, 0.25) is 0 Å². The molecule has 6 nitrogen and oxygen atoms in total. The fourth-order valence-corrected chi connectivity index (χ4v) is 1.48. The largest absolute Gasteiger partial charge is 0.452 e. The molecule has 2 amide bonds. The van der Waals surface area contributed by atoms with Crippen molar-refractivity contribution >= 4 is 17.8 Å². The van der Waals surface area contributed by atoms with Gasteiger partial charge in [0.15, 0.2) is 6.61 Å². The van der Waals surface area contributed by atoms with Gasteiger partial charge in [0.25, 0.3) is 5.91 Å². The van der Waals surface area contributed by atoms with Crippen LogP contribution < -0.4 is 10.6 Å². The molecule has 0 saturated carbocycles. The maximum atomic E-state index is 12.7. The second-order valence-corrected chi connectivity index (χ2v) is 4.27. The van der Waals surface area contributed by atoms with E-state index in [1.807, 2.05) is 0 Å². The highest BCUT2D eigenvalue weighted by molar-refractivity contribution is 5.92. The van der Waals surface area contributed by atoms with E-state index >= 15 is 0 Å². The van der Waals surface area contributed by atoms with E-state index in [1.165, 1.54) is 19.1 Å². The van der Waals surface area contributed by atoms with Crippen LogP contribution in [0, 0.1) is 5.82 Å². The van der Waals surface area contributed by atoms with E-state index in [-0.39, 0.29) is 11.5 Å². The topological polar surface area (TPSA) is 84.5 Å². The van der Waals surface area contributed by atoms with Crippen molar-refractivity contribution in [3.05, 3.63) is 35.6 Å². The molecule has 21 heavy (non-hydrogen) atoms. The first-order valence-corrected chi connectivity index (χ1v) is 6.43. The van der Waals surface area contributed by atoms with Crippen molar-refractivity contribution in [3.63, 3.8) is 0 Å². The molecule has 1 aromatic rings. The van der Waals surface area contributed by atoms with Gasteiger partial charge in [-0.15, -0.1) is 0 Å². The summed E-state index contributed by atoms with van der Waals surface area (Å²) in [5.74, 6) is -2.13. The molecule has 0 spiro atoms. The zero-order chi connectivity index (χ0) is 15.8. The third kappa shape index (κ3) is 5.60. The number of likely N-dealkylation sites (N-methyl/N-ethyl adjacent to an activating group) is 1. The Bertz CT molecular complexity index is 516. The predicted octanol–water partition coefficient (Wildman–Crippen LogP) is 0.623. The second kappa shape index (κ2) is 7.98. The van der Waals surface area contributed by atoms with E-state index in [0.717, 1.165) is 12.1 Å². The Labute approximate surface area is 121 Å². The number of halogens is 1. The summed E-state index contributed by atoms with van der Waals surface area (Å²) in [5.41, 5.74) is 0.140. The van der Waals surface area contributed by atoms with E-state index < -0.39 is 30.3 Å². The van der Waals surface area contributed by atoms with E-state index in [0.29, 0.717) is 6.54 Å². The smallest absolute Gasteiger partial charge is 0.338 e. The number of nitrogens with one attached hydrogen (secondary N) is 2. The number of carbonyl (C=O) groups excluding carboxylic acids is 3. The van der Waals surface area contributed by atoms with Crippen LogP contribution in [-0.4, -0.2) is 37.0 Å². The molecule has 1 aromatic carbocycles. The molecule has 0 unspecified atom stereocenters. The van der Waals surface area contributed by atoms with Crippen LogP contribution in [-0.2, 0) is 14.3 Å². The van der Waals surface area contributed by atoms with Gasteiger partial charge in [-0.2, -0.15) is 0 Å². The minimum absolute atomic E-state index is 0.140. The van der Waals surface area contributed by atoms with Gasteiger partial charge in [0.1, 0.15) is 11.9 Å². The lowest BCUT2D eigenvalue weighted by atomic mass is 10.2. The van der Waals surface area contributed by atoms with E-state index in [2.05, 4.69) is 10.6 Å². The molecule has 0 saturated heterocycles. The molecule has 0 aromatic heterocycles. The van der Waals surface area contributed by atoms with Crippen LogP contribution >= 0.6 is 0 Å². The first kappa shape index (κ1) is 16.6. The van der Waals surface area contributed by atoms with Gasteiger partial charge in [-0.1, -0.05) is 0 Å². The average molecular weight is 296 g/mol. The van der Waals surface area contributed by atoms with Crippen LogP contribution in [0.1, 0.15) is 24.2 Å². The van der Waals surface area contributed by atoms with Crippen molar-refractivity contribution in [2.24, 2.45) is 0 Å². The molecule has 0 fully saturated rings. The standard InChI is InChI=1S/C14H17FN2O4/c1-3-16-13(19)9(2)17-12(18)8-21-14(20)10-4-6-11(15)7-5-10/h4-7,9H,3,8H2,1-2H3,(H,16,19)(H,17,18)/t9-/m0/s1. The van der Waals surface area contributed by atoms with E-state index in [9.17, 15) is 18.8 Å². The molecule has 7 heteroatoms. The summed E-state index contributed by atoms with van der Waals surface area (Å²) in [6.45, 7) is 3.22. The second-order valence-electron chi connectivity index (χ2n) is 4.27. The number of rotatable bonds is 6. The molecule has 0 aliphatic rings. The molecular formula is C14H17FN2O4. The number of hydrogen-bond acceptors (Lipinski definition) is 4. The average Bonchev–Trinajstić information content (AvgIpc) is 2.45. The Kier molecular flexibility index (Phi) is 6.32. The van der Waals surface area contributed by atoms with Crippen LogP contribution in [0.4, 0.5) is 4.39 Å². The van der Waals surface area contributed by atoms with Crippen molar-refractivity contribution in [2.45, 2.75) is 19.9 Å². The monoisotopic (exact) mass is 296 g/mol. The number of esters is 1. The predicted molar refractivity (Wildman–Crippen MR) is 73.0 cm³/mol. The molecule has 1 atom stereocenters. The normalized spacial score (nSPS) is 11.4. The molecule has 0 heterocycles. The first-order valence-electron chi connectivity index (χ1n) is 6.43. The van der Waals surface area contributed by atoms with Gasteiger partial charge in [0.05, 0.1) is 5.56 Å². The fraction of sp³-hybridized carbons (Fsp3) is 0.357. The van der Waals surface area contributed by atoms with Crippen LogP contribution in [0.5, 0.6) is 0 Å². The fourth-order valence-electron chi connectivity index (χ4n) is 1.48. The lowest BCUT2D eigenvalue weighted by Crippen LogP contribution is -2.46. The molecule has 0 bridgehead atoms. The van der Waals surface area contributed by atoms with E-state index in [4.69, 9.17) is 4.74 Å². The quantitative estimate of drug-likeness (QED) is 0.754. The Morgan fingerprint density at radius 3 is 2.43 bits per heavy atom. The highest BCUT2D eigenvalue weighted by atomic mass is 19.1. The number of amides is 2. The summed E-state index contributed by atoms with van der Waals surface area (Å²) < 4.78 is 17.5. The van der Waals surface area contributed by atoms with Crippen LogP contribution in [0.15, 0.2) is 24.3 Å². The van der Waals surface area contributed by atoms with Gasteiger partial charge in [-0.3, -0.25) is 9.59 Å². The molecule has 0 radical (unpaired) electrons. The Morgan fingerprint density at radius 1 is 1.24 bits per heavy atom. The highest BCUT2D eigenvalue weighted by Gasteiger charge is 2.16. The van der Waals surface area contributed by atoms with Crippen LogP contribution in [0.3, 0.4) is 0 Å². The van der Waals surface area contributed by atoms with Gasteiger partial charge in [-0.25, -0.2) is 9.18 Å². The minimum Gasteiger partial charge on any atom is -0.452 e. The molecule has 1 rings (SSSR count). The molecule has 114 valence electrons. The number of carbonyl (C=O) groups is 3. The van der Waals surface area contributed by atoms with Crippen molar-refractivity contribution < 1.29 is 23.5 Å². The van der Waals surface area contributed by atoms with Gasteiger partial charge < -0.3 is 15.4 Å². The summed E-state index contributed by atoms with van der Waals surface area (Å²) in [5, 5.41) is 4.94. The van der Waals surface area contributed by atoms with Gasteiger partial charge in [-0.05, 0) is 38.1 Å². The Hall–Kier alpha value is -2.44. The zero-order valence-electron chi connectivity index (χ0n) is 11.8. The SMILES string of the molecule is CCNC(=O)[C@H](C)NC(=O)COC(=O)c1ccc(F)cc1. The van der Waals surface area contributed by atoms with Crippen molar-refractivity contribution in [1.29, 1.82) is 0 Å². The summed E-state index contributed by atoms with van der Waals surface area (Å²) in [6.07, 6.45) is 0. The maximum absolute atomic E-state index is 12.7. The first-order chi connectivity index (χ1) is 9.93. The van der Waals surface area contributed by atoms with Crippen molar-refractivity contribution in [2.75, 3.05) is 13.2 Å². The minimum atomic E-state index is -0.740. The lowest BCUT2D eigenvalue weighted by molar-refractivity contribution is -0.130. The molecule has 2 N–H and O–H groups in total. The van der Waals surface area contributed by atoms with Gasteiger partial charge >= 0.3 is 5.97 Å². The Morgan fingerprint density at radius 2 is 1.86 bits per heavy atom. The number of ether oxygens (including phenoxy) is 1. The van der Waals surface area contributed by atoms with Gasteiger partial charge in [0, 0.05) is 6.54 Å². The third-order valence-corrected chi connectivity index (χ3v) is 2.54. The number of hydrogen-bond donors (Lipinski definition) is 2. The van der Waals surface area contributed by atoms with Crippen molar-refractivity contribution in [1.82, 2.24) is 10.6 Å². The summed E-state index contributed by atoms with van der Waals surface area (Å²) >= 11 is 0. The molecular weight excluding hydrogens is 279 g/mol. The van der Waals surface area contributed by atoms with E-state index in [1.54, 1.807) is 6.92 Å². The van der Waals surface area contributed by atoms with Gasteiger partial charge in [0.2, 0.25) is 5.91 Å². The maximum Gasteiger partial charge on any atom is 0.338 e. The molecule has 0 aliphatic heterocycles. The third-order valence-electron chi connectivity index (χ3n) is 2.54. The van der Waals surface area contributed by atoms with Crippen LogP contribution in [0.25, 0.3) is 0 Å². The van der Waals surface area contributed by atoms with Crippen molar-refractivity contribution in [3.8, 4) is 0 Å². The number of benzene rings is 1. The Balaban J connectivity index is 2.40.